The molecule has 1 atom stereocenters. The van der Waals surface area contributed by atoms with Gasteiger partial charge in [-0.1, -0.05) is 54.0 Å². The summed E-state index contributed by atoms with van der Waals surface area (Å²) in [6.45, 7) is 1.64. The topological polar surface area (TPSA) is 33.2 Å². The van der Waals surface area contributed by atoms with Crippen LogP contribution in [0.2, 0.25) is 5.02 Å². The number of aromatic nitrogens is 1. The highest BCUT2D eigenvalue weighted by atomic mass is 35.5. The van der Waals surface area contributed by atoms with E-state index in [2.05, 4.69) is 23.2 Å². The maximum atomic E-state index is 12.8. The van der Waals surface area contributed by atoms with E-state index in [0.29, 0.717) is 11.7 Å². The first-order chi connectivity index (χ1) is 13.2. The van der Waals surface area contributed by atoms with E-state index < -0.39 is 0 Å². The van der Waals surface area contributed by atoms with Gasteiger partial charge in [0.1, 0.15) is 0 Å². The largest absolute Gasteiger partial charge is 0.341 e. The van der Waals surface area contributed by atoms with Gasteiger partial charge in [-0.25, -0.2) is 4.98 Å². The van der Waals surface area contributed by atoms with Gasteiger partial charge >= 0.3 is 0 Å². The van der Waals surface area contributed by atoms with Crippen LogP contribution < -0.4 is 0 Å². The van der Waals surface area contributed by atoms with Crippen molar-refractivity contribution >= 4 is 50.8 Å². The monoisotopic (exact) mass is 416 g/mol. The fourth-order valence-corrected chi connectivity index (χ4v) is 5.60. The van der Waals surface area contributed by atoms with Crippen LogP contribution in [0.5, 0.6) is 0 Å². The smallest absolute Gasteiger partial charge is 0.233 e. The number of halogens is 1. The number of likely N-dealkylation sites (tertiary alicyclic amines) is 1. The second-order valence-electron chi connectivity index (χ2n) is 6.82. The summed E-state index contributed by atoms with van der Waals surface area (Å²) < 4.78 is 2.14. The molecule has 0 bridgehead atoms. The molecule has 1 unspecified atom stereocenters. The van der Waals surface area contributed by atoms with Crippen LogP contribution in [0.4, 0.5) is 0 Å². The van der Waals surface area contributed by atoms with Crippen LogP contribution in [0.3, 0.4) is 0 Å². The maximum absolute atomic E-state index is 12.8. The van der Waals surface area contributed by atoms with Crippen molar-refractivity contribution in [2.24, 2.45) is 0 Å². The highest BCUT2D eigenvalue weighted by Gasteiger charge is 2.23. The Kier molecular flexibility index (Phi) is 6.01. The second kappa shape index (κ2) is 8.63. The Labute approximate surface area is 172 Å². The third-order valence-electron chi connectivity index (χ3n) is 4.96. The molecule has 3 aromatic rings. The van der Waals surface area contributed by atoms with Crippen molar-refractivity contribution in [1.82, 2.24) is 9.88 Å². The Morgan fingerprint density at radius 2 is 2.00 bits per heavy atom. The van der Waals surface area contributed by atoms with Crippen LogP contribution in [0.15, 0.2) is 52.9 Å². The number of amides is 1. The van der Waals surface area contributed by atoms with E-state index in [1.165, 1.54) is 10.3 Å². The van der Waals surface area contributed by atoms with E-state index in [0.717, 1.165) is 47.2 Å². The molecular weight excluding hydrogens is 396 g/mol. The quantitative estimate of drug-likeness (QED) is 0.501. The van der Waals surface area contributed by atoms with Gasteiger partial charge in [-0.05, 0) is 42.7 Å². The summed E-state index contributed by atoms with van der Waals surface area (Å²) >= 11 is 9.23. The molecule has 0 N–H and O–H groups in total. The first kappa shape index (κ1) is 18.8. The zero-order valence-electron chi connectivity index (χ0n) is 14.9. The zero-order chi connectivity index (χ0) is 18.6. The minimum Gasteiger partial charge on any atom is -0.341 e. The van der Waals surface area contributed by atoms with Gasteiger partial charge in [-0.2, -0.15) is 0 Å². The van der Waals surface area contributed by atoms with Gasteiger partial charge in [0, 0.05) is 24.0 Å². The SMILES string of the molecule is O=C(CSc1nc2ccccc2s1)N1CCCCC(c2ccc(Cl)cc2)C1. The van der Waals surface area contributed by atoms with E-state index in [1.807, 2.05) is 35.2 Å². The number of fused-ring (bicyclic) bond motifs is 1. The first-order valence-electron chi connectivity index (χ1n) is 9.20. The van der Waals surface area contributed by atoms with Crippen LogP contribution in [-0.4, -0.2) is 34.6 Å². The molecule has 1 saturated heterocycles. The van der Waals surface area contributed by atoms with Crippen molar-refractivity contribution in [3.63, 3.8) is 0 Å². The van der Waals surface area contributed by atoms with E-state index in [9.17, 15) is 4.79 Å². The number of thioether (sulfide) groups is 1. The van der Waals surface area contributed by atoms with Crippen LogP contribution in [0.1, 0.15) is 30.7 Å². The molecule has 0 aliphatic carbocycles. The van der Waals surface area contributed by atoms with Gasteiger partial charge in [-0.3, -0.25) is 4.79 Å². The number of nitrogens with zero attached hydrogens (tertiary/aromatic N) is 2. The minimum absolute atomic E-state index is 0.208. The molecular formula is C21H21ClN2OS2. The Hall–Kier alpha value is -1.56. The predicted octanol–water partition coefficient (Wildman–Crippen LogP) is 5.84. The van der Waals surface area contributed by atoms with Crippen LogP contribution in [0.25, 0.3) is 10.2 Å². The Morgan fingerprint density at radius 3 is 2.81 bits per heavy atom. The number of carbonyl (C=O) groups excluding carboxylic acids is 1. The summed E-state index contributed by atoms with van der Waals surface area (Å²) in [4.78, 5) is 19.5. The van der Waals surface area contributed by atoms with Crippen molar-refractivity contribution in [2.45, 2.75) is 29.5 Å². The Balaban J connectivity index is 1.40. The number of para-hydroxylation sites is 1. The van der Waals surface area contributed by atoms with E-state index >= 15 is 0 Å². The van der Waals surface area contributed by atoms with Crippen molar-refractivity contribution in [2.75, 3.05) is 18.8 Å². The molecule has 2 heterocycles. The molecule has 2 aromatic carbocycles. The molecule has 0 radical (unpaired) electrons. The summed E-state index contributed by atoms with van der Waals surface area (Å²) in [5.74, 6) is 1.05. The second-order valence-corrected chi connectivity index (χ2v) is 9.51. The lowest BCUT2D eigenvalue weighted by Crippen LogP contribution is -2.35. The normalized spacial score (nSPS) is 17.8. The molecule has 1 aliphatic heterocycles. The third kappa shape index (κ3) is 4.65. The molecule has 1 aromatic heterocycles. The summed E-state index contributed by atoms with van der Waals surface area (Å²) in [6.07, 6.45) is 3.35. The van der Waals surface area contributed by atoms with Gasteiger partial charge in [0.05, 0.1) is 16.0 Å². The minimum atomic E-state index is 0.208. The molecule has 1 amide bonds. The van der Waals surface area contributed by atoms with Crippen molar-refractivity contribution in [3.05, 3.63) is 59.1 Å². The Morgan fingerprint density at radius 1 is 1.19 bits per heavy atom. The standard InChI is InChI=1S/C21H21ClN2OS2/c22-17-10-8-15(9-11-17)16-5-3-4-12-24(13-16)20(25)14-26-21-23-18-6-1-2-7-19(18)27-21/h1-2,6-11,16H,3-5,12-14H2. The van der Waals surface area contributed by atoms with Gasteiger partial charge in [0.25, 0.3) is 0 Å². The predicted molar refractivity (Wildman–Crippen MR) is 115 cm³/mol. The van der Waals surface area contributed by atoms with Gasteiger partial charge in [0.15, 0.2) is 4.34 Å². The van der Waals surface area contributed by atoms with Gasteiger partial charge in [-0.15, -0.1) is 11.3 Å². The van der Waals surface area contributed by atoms with E-state index in [-0.39, 0.29) is 5.91 Å². The highest BCUT2D eigenvalue weighted by Crippen LogP contribution is 2.31. The lowest BCUT2D eigenvalue weighted by Gasteiger charge is -2.24. The molecule has 1 fully saturated rings. The van der Waals surface area contributed by atoms with Crippen LogP contribution in [-0.2, 0) is 4.79 Å². The maximum Gasteiger partial charge on any atom is 0.233 e. The molecule has 3 nitrogen and oxygen atoms in total. The van der Waals surface area contributed by atoms with Crippen LogP contribution >= 0.6 is 34.7 Å². The number of hydrogen-bond acceptors (Lipinski definition) is 4. The number of benzene rings is 2. The lowest BCUT2D eigenvalue weighted by molar-refractivity contribution is -0.128. The molecule has 140 valence electrons. The fraction of sp³-hybridized carbons (Fsp3) is 0.333. The van der Waals surface area contributed by atoms with Crippen molar-refractivity contribution < 1.29 is 4.79 Å². The molecule has 6 heteroatoms. The molecule has 0 spiro atoms. The fourth-order valence-electron chi connectivity index (χ4n) is 3.50. The first-order valence-corrected chi connectivity index (χ1v) is 11.4. The molecule has 4 rings (SSSR count). The number of thiazole rings is 1. The highest BCUT2D eigenvalue weighted by molar-refractivity contribution is 8.01. The van der Waals surface area contributed by atoms with Crippen LogP contribution in [0, 0.1) is 0 Å². The number of hydrogen-bond donors (Lipinski definition) is 0. The zero-order valence-corrected chi connectivity index (χ0v) is 17.3. The summed E-state index contributed by atoms with van der Waals surface area (Å²) in [5.41, 5.74) is 2.29. The lowest BCUT2D eigenvalue weighted by atomic mass is 9.94. The third-order valence-corrected chi connectivity index (χ3v) is 7.37. The van der Waals surface area contributed by atoms with E-state index in [1.54, 1.807) is 23.1 Å². The van der Waals surface area contributed by atoms with Crippen molar-refractivity contribution in [1.29, 1.82) is 0 Å². The molecule has 0 saturated carbocycles. The van der Waals surface area contributed by atoms with Gasteiger partial charge in [0.2, 0.25) is 5.91 Å². The summed E-state index contributed by atoms with van der Waals surface area (Å²) in [7, 11) is 0. The van der Waals surface area contributed by atoms with E-state index in [4.69, 9.17) is 11.6 Å². The molecule has 27 heavy (non-hydrogen) atoms. The average Bonchev–Trinajstić information content (AvgIpc) is 2.94. The summed E-state index contributed by atoms with van der Waals surface area (Å²) in [6, 6.07) is 16.2. The summed E-state index contributed by atoms with van der Waals surface area (Å²) in [5, 5.41) is 0.757. The van der Waals surface area contributed by atoms with Crippen molar-refractivity contribution in [3.8, 4) is 0 Å². The number of rotatable bonds is 4. The number of carbonyl (C=O) groups is 1. The van der Waals surface area contributed by atoms with Gasteiger partial charge < -0.3 is 4.90 Å². The Bertz CT molecular complexity index is 892. The average molecular weight is 417 g/mol. The molecule has 1 aliphatic rings.